The van der Waals surface area contributed by atoms with Gasteiger partial charge >= 0.3 is 0 Å². The predicted molar refractivity (Wildman–Crippen MR) is 82.9 cm³/mol. The highest BCUT2D eigenvalue weighted by molar-refractivity contribution is 5.78. The van der Waals surface area contributed by atoms with E-state index in [9.17, 15) is 13.6 Å². The molecule has 0 saturated heterocycles. The lowest BCUT2D eigenvalue weighted by molar-refractivity contribution is -0.120. The summed E-state index contributed by atoms with van der Waals surface area (Å²) in [4.78, 5) is 11.5. The standard InChI is InChI=1S/C17H32F2O2/c1-2-3-4-5-6-7-8-9-10-11-12-16(20)13-14-21-15-17(18)19/h17H,2-15H2,1H3. The summed E-state index contributed by atoms with van der Waals surface area (Å²) in [5, 5.41) is 0. The molecule has 0 aromatic rings. The van der Waals surface area contributed by atoms with Gasteiger partial charge in [-0.05, 0) is 6.42 Å². The molecule has 21 heavy (non-hydrogen) atoms. The molecule has 126 valence electrons. The van der Waals surface area contributed by atoms with Crippen molar-refractivity contribution in [3.05, 3.63) is 0 Å². The van der Waals surface area contributed by atoms with E-state index >= 15 is 0 Å². The fraction of sp³-hybridized carbons (Fsp3) is 0.941. The number of unbranched alkanes of at least 4 members (excludes halogenated alkanes) is 9. The second-order valence-electron chi connectivity index (χ2n) is 5.69. The second kappa shape index (κ2) is 15.9. The van der Waals surface area contributed by atoms with E-state index in [1.807, 2.05) is 0 Å². The van der Waals surface area contributed by atoms with Gasteiger partial charge in [0, 0.05) is 12.8 Å². The molecule has 0 fully saturated rings. The molecule has 0 N–H and O–H groups in total. The van der Waals surface area contributed by atoms with Crippen molar-refractivity contribution in [1.82, 2.24) is 0 Å². The molecule has 2 nitrogen and oxygen atoms in total. The van der Waals surface area contributed by atoms with E-state index < -0.39 is 13.0 Å². The first kappa shape index (κ1) is 20.5. The van der Waals surface area contributed by atoms with Crippen molar-refractivity contribution >= 4 is 5.78 Å². The monoisotopic (exact) mass is 306 g/mol. The third-order valence-corrected chi connectivity index (χ3v) is 3.58. The zero-order valence-corrected chi connectivity index (χ0v) is 13.5. The highest BCUT2D eigenvalue weighted by atomic mass is 19.3. The minimum atomic E-state index is -2.44. The summed E-state index contributed by atoms with van der Waals surface area (Å²) in [5.74, 6) is 0.129. The Kier molecular flexibility index (Phi) is 15.5. The van der Waals surface area contributed by atoms with Crippen molar-refractivity contribution in [2.45, 2.75) is 90.4 Å². The van der Waals surface area contributed by atoms with Crippen LogP contribution in [-0.4, -0.2) is 25.4 Å². The van der Waals surface area contributed by atoms with Gasteiger partial charge in [-0.2, -0.15) is 0 Å². The van der Waals surface area contributed by atoms with Gasteiger partial charge in [0.05, 0.1) is 6.61 Å². The maximum Gasteiger partial charge on any atom is 0.261 e. The molecule has 0 aromatic carbocycles. The van der Waals surface area contributed by atoms with E-state index in [-0.39, 0.29) is 18.8 Å². The van der Waals surface area contributed by atoms with Crippen LogP contribution in [0.4, 0.5) is 8.78 Å². The SMILES string of the molecule is CCCCCCCCCCCCC(=O)CCOCC(F)F. The molecule has 0 bridgehead atoms. The Balaban J connectivity index is 3.14. The summed E-state index contributed by atoms with van der Waals surface area (Å²) in [6, 6.07) is 0. The summed E-state index contributed by atoms with van der Waals surface area (Å²) in [6.45, 7) is 1.79. The Bertz CT molecular complexity index is 233. The van der Waals surface area contributed by atoms with Gasteiger partial charge < -0.3 is 4.74 Å². The molecule has 0 spiro atoms. The largest absolute Gasteiger partial charge is 0.375 e. The number of hydrogen-bond acceptors (Lipinski definition) is 2. The molecule has 0 saturated carbocycles. The zero-order valence-electron chi connectivity index (χ0n) is 13.5. The number of ether oxygens (including phenoxy) is 1. The first-order valence-corrected chi connectivity index (χ1v) is 8.54. The van der Waals surface area contributed by atoms with Crippen molar-refractivity contribution in [1.29, 1.82) is 0 Å². The number of ketones is 1. The van der Waals surface area contributed by atoms with E-state index in [2.05, 4.69) is 6.92 Å². The smallest absolute Gasteiger partial charge is 0.261 e. The minimum absolute atomic E-state index is 0.126. The van der Waals surface area contributed by atoms with Crippen molar-refractivity contribution < 1.29 is 18.3 Å². The molecule has 0 aromatic heterocycles. The van der Waals surface area contributed by atoms with Gasteiger partial charge in [-0.25, -0.2) is 8.78 Å². The van der Waals surface area contributed by atoms with Gasteiger partial charge in [-0.3, -0.25) is 4.79 Å². The van der Waals surface area contributed by atoms with E-state index in [1.165, 1.54) is 51.4 Å². The summed E-state index contributed by atoms with van der Waals surface area (Å²) in [6.07, 6.45) is 10.9. The van der Waals surface area contributed by atoms with Gasteiger partial charge in [-0.1, -0.05) is 64.7 Å². The van der Waals surface area contributed by atoms with Crippen molar-refractivity contribution in [3.63, 3.8) is 0 Å². The van der Waals surface area contributed by atoms with E-state index in [1.54, 1.807) is 0 Å². The molecule has 0 heterocycles. The minimum Gasteiger partial charge on any atom is -0.375 e. The maximum atomic E-state index is 11.8. The van der Waals surface area contributed by atoms with Crippen LogP contribution in [0.2, 0.25) is 0 Å². The van der Waals surface area contributed by atoms with Gasteiger partial charge in [0.1, 0.15) is 12.4 Å². The number of hydrogen-bond donors (Lipinski definition) is 0. The van der Waals surface area contributed by atoms with Crippen LogP contribution in [0.15, 0.2) is 0 Å². The lowest BCUT2D eigenvalue weighted by Gasteiger charge is -2.04. The highest BCUT2D eigenvalue weighted by Gasteiger charge is 2.05. The number of alkyl halides is 2. The number of rotatable bonds is 16. The lowest BCUT2D eigenvalue weighted by atomic mass is 10.0. The Morgan fingerprint density at radius 2 is 1.38 bits per heavy atom. The summed E-state index contributed by atoms with van der Waals surface area (Å²) in [5.41, 5.74) is 0. The average Bonchev–Trinajstić information content (AvgIpc) is 2.45. The van der Waals surface area contributed by atoms with Crippen LogP contribution in [0.25, 0.3) is 0 Å². The molecular formula is C17H32F2O2. The van der Waals surface area contributed by atoms with Crippen LogP contribution < -0.4 is 0 Å². The number of carbonyl (C=O) groups excluding carboxylic acids is 1. The van der Waals surface area contributed by atoms with Crippen LogP contribution >= 0.6 is 0 Å². The van der Waals surface area contributed by atoms with E-state index in [4.69, 9.17) is 4.74 Å². The molecule has 0 atom stereocenters. The normalized spacial score (nSPS) is 11.2. The summed E-state index contributed by atoms with van der Waals surface area (Å²) in [7, 11) is 0. The number of halogens is 2. The maximum absolute atomic E-state index is 11.8. The Hall–Kier alpha value is -0.510. The fourth-order valence-corrected chi connectivity index (χ4v) is 2.29. The first-order valence-electron chi connectivity index (χ1n) is 8.54. The van der Waals surface area contributed by atoms with Gasteiger partial charge in [0.15, 0.2) is 0 Å². The molecular weight excluding hydrogens is 274 g/mol. The molecule has 0 aliphatic rings. The van der Waals surface area contributed by atoms with Crippen LogP contribution in [0.3, 0.4) is 0 Å². The summed E-state index contributed by atoms with van der Waals surface area (Å²) >= 11 is 0. The van der Waals surface area contributed by atoms with E-state index in [0.29, 0.717) is 6.42 Å². The van der Waals surface area contributed by atoms with Crippen LogP contribution in [0.5, 0.6) is 0 Å². The highest BCUT2D eigenvalue weighted by Crippen LogP contribution is 2.11. The number of carbonyl (C=O) groups is 1. The van der Waals surface area contributed by atoms with Crippen LogP contribution in [0.1, 0.15) is 84.0 Å². The van der Waals surface area contributed by atoms with Gasteiger partial charge in [0.2, 0.25) is 0 Å². The molecule has 0 unspecified atom stereocenters. The van der Waals surface area contributed by atoms with Gasteiger partial charge in [0.25, 0.3) is 6.43 Å². The van der Waals surface area contributed by atoms with Crippen molar-refractivity contribution in [2.75, 3.05) is 13.2 Å². The quantitative estimate of drug-likeness (QED) is 0.350. The lowest BCUT2D eigenvalue weighted by Crippen LogP contribution is -2.09. The van der Waals surface area contributed by atoms with Crippen molar-refractivity contribution in [3.8, 4) is 0 Å². The molecule has 0 rings (SSSR count). The zero-order chi connectivity index (χ0) is 15.8. The molecule has 0 aliphatic heterocycles. The molecule has 4 heteroatoms. The second-order valence-corrected chi connectivity index (χ2v) is 5.69. The van der Waals surface area contributed by atoms with Crippen molar-refractivity contribution in [2.24, 2.45) is 0 Å². The predicted octanol–water partition coefficient (Wildman–Crippen LogP) is 5.54. The topological polar surface area (TPSA) is 26.3 Å². The average molecular weight is 306 g/mol. The van der Waals surface area contributed by atoms with Gasteiger partial charge in [-0.15, -0.1) is 0 Å². The first-order chi connectivity index (χ1) is 10.2. The third-order valence-electron chi connectivity index (χ3n) is 3.58. The molecule has 0 amide bonds. The Morgan fingerprint density at radius 1 is 0.857 bits per heavy atom. The van der Waals surface area contributed by atoms with Crippen LogP contribution in [0, 0.1) is 0 Å². The molecule has 0 radical (unpaired) electrons. The Morgan fingerprint density at radius 3 is 1.90 bits per heavy atom. The van der Waals surface area contributed by atoms with E-state index in [0.717, 1.165) is 12.8 Å². The fourth-order valence-electron chi connectivity index (χ4n) is 2.29. The third kappa shape index (κ3) is 17.4. The Labute approximate surface area is 128 Å². The number of Topliss-reactive ketones (excluding diaryl/α,β-unsaturated/α-hetero) is 1. The van der Waals surface area contributed by atoms with Crippen LogP contribution in [-0.2, 0) is 9.53 Å². The summed E-state index contributed by atoms with van der Waals surface area (Å²) < 4.78 is 28.3. The molecule has 0 aliphatic carbocycles.